The fourth-order valence-electron chi connectivity index (χ4n) is 3.11. The number of benzene rings is 1. The molecule has 1 aromatic carbocycles. The second-order valence-electron chi connectivity index (χ2n) is 6.15. The quantitative estimate of drug-likeness (QED) is 0.875. The van der Waals surface area contributed by atoms with E-state index < -0.39 is 0 Å². The topological polar surface area (TPSA) is 47.4 Å². The molecular weight excluding hydrogens is 290 g/mol. The Labute approximate surface area is 135 Å². The predicted molar refractivity (Wildman–Crippen MR) is 87.7 cm³/mol. The molecule has 23 heavy (non-hydrogen) atoms. The highest BCUT2D eigenvalue weighted by Crippen LogP contribution is 2.36. The molecule has 120 valence electrons. The minimum atomic E-state index is 0.0244. The Morgan fingerprint density at radius 1 is 1.17 bits per heavy atom. The lowest BCUT2D eigenvalue weighted by atomic mass is 10.0. The summed E-state index contributed by atoms with van der Waals surface area (Å²) in [5, 5.41) is 4.57. The number of rotatable bonds is 3. The van der Waals surface area contributed by atoms with Crippen molar-refractivity contribution in [1.29, 1.82) is 0 Å². The van der Waals surface area contributed by atoms with Crippen LogP contribution in [0.4, 0.5) is 0 Å². The molecule has 0 spiro atoms. The third-order valence-electron chi connectivity index (χ3n) is 4.66. The molecule has 5 heteroatoms. The van der Waals surface area contributed by atoms with E-state index >= 15 is 0 Å². The molecule has 0 unspecified atom stereocenters. The van der Waals surface area contributed by atoms with Gasteiger partial charge in [-0.25, -0.2) is 4.68 Å². The molecule has 3 heterocycles. The number of likely N-dealkylation sites (tertiary alicyclic amines) is 1. The van der Waals surface area contributed by atoms with Crippen LogP contribution >= 0.6 is 0 Å². The van der Waals surface area contributed by atoms with E-state index in [0.717, 1.165) is 55.9 Å². The second-order valence-corrected chi connectivity index (χ2v) is 6.15. The maximum atomic E-state index is 12.8. The predicted octanol–water partition coefficient (Wildman–Crippen LogP) is 2.74. The molecule has 2 aliphatic rings. The molecule has 0 bridgehead atoms. The Morgan fingerprint density at radius 3 is 2.61 bits per heavy atom. The second kappa shape index (κ2) is 5.72. The van der Waals surface area contributed by atoms with Gasteiger partial charge >= 0.3 is 0 Å². The third kappa shape index (κ3) is 2.40. The summed E-state index contributed by atoms with van der Waals surface area (Å²) in [4.78, 5) is 14.6. The highest BCUT2D eigenvalue weighted by Gasteiger charge is 2.31. The fourth-order valence-corrected chi connectivity index (χ4v) is 3.11. The number of carbonyl (C=O) groups is 1. The molecule has 5 nitrogen and oxygen atoms in total. The number of carbonyl (C=O) groups excluding carboxylic acids is 1. The van der Waals surface area contributed by atoms with E-state index in [-0.39, 0.29) is 5.91 Å². The molecule has 0 atom stereocenters. The van der Waals surface area contributed by atoms with Gasteiger partial charge < -0.3 is 9.64 Å². The van der Waals surface area contributed by atoms with Gasteiger partial charge in [-0.15, -0.1) is 0 Å². The van der Waals surface area contributed by atoms with Gasteiger partial charge in [0, 0.05) is 26.1 Å². The lowest BCUT2D eigenvalue weighted by Crippen LogP contribution is -2.42. The Kier molecular flexibility index (Phi) is 3.56. The van der Waals surface area contributed by atoms with Gasteiger partial charge in [-0.05, 0) is 24.0 Å². The molecule has 0 radical (unpaired) electrons. The first-order valence-corrected chi connectivity index (χ1v) is 8.40. The van der Waals surface area contributed by atoms with Gasteiger partial charge in [0.15, 0.2) is 5.69 Å². The third-order valence-corrected chi connectivity index (χ3v) is 4.66. The van der Waals surface area contributed by atoms with Crippen molar-refractivity contribution in [3.8, 4) is 17.0 Å². The highest BCUT2D eigenvalue weighted by atomic mass is 16.5. The largest absolute Gasteiger partial charge is 0.477 e. The molecular formula is C18H21N3O2. The van der Waals surface area contributed by atoms with Crippen LogP contribution in [0.15, 0.2) is 24.3 Å². The Balaban J connectivity index is 1.81. The molecule has 4 rings (SSSR count). The first-order chi connectivity index (χ1) is 11.3. The first-order valence-electron chi connectivity index (χ1n) is 8.40. The van der Waals surface area contributed by atoms with E-state index in [1.807, 2.05) is 9.58 Å². The average molecular weight is 311 g/mol. The Bertz CT molecular complexity index is 729. The minimum absolute atomic E-state index is 0.0244. The zero-order valence-electron chi connectivity index (χ0n) is 13.4. The van der Waals surface area contributed by atoms with Crippen molar-refractivity contribution in [2.75, 3.05) is 19.7 Å². The van der Waals surface area contributed by atoms with E-state index in [1.165, 1.54) is 5.56 Å². The maximum absolute atomic E-state index is 12.8. The van der Waals surface area contributed by atoms with Crippen LogP contribution in [0.25, 0.3) is 11.1 Å². The van der Waals surface area contributed by atoms with E-state index in [9.17, 15) is 4.79 Å². The molecule has 2 aliphatic heterocycles. The maximum Gasteiger partial charge on any atom is 0.275 e. The van der Waals surface area contributed by atoms with E-state index in [1.54, 1.807) is 0 Å². The van der Waals surface area contributed by atoms with Crippen LogP contribution in [0.3, 0.4) is 0 Å². The minimum Gasteiger partial charge on any atom is -0.477 e. The summed E-state index contributed by atoms with van der Waals surface area (Å²) in [5.74, 6) is 0.765. The van der Waals surface area contributed by atoms with Gasteiger partial charge in [0.25, 0.3) is 5.91 Å². The number of nitrogens with zero attached hydrogens (tertiary/aromatic N) is 3. The molecule has 2 aromatic rings. The smallest absolute Gasteiger partial charge is 0.275 e. The molecule has 0 saturated carbocycles. The summed E-state index contributed by atoms with van der Waals surface area (Å²) < 4.78 is 7.70. The number of hydrogen-bond donors (Lipinski definition) is 0. The lowest BCUT2D eigenvalue weighted by Gasteiger charge is -2.30. The zero-order valence-corrected chi connectivity index (χ0v) is 13.4. The molecule has 1 fully saturated rings. The summed E-state index contributed by atoms with van der Waals surface area (Å²) in [7, 11) is 0. The molecule has 0 aliphatic carbocycles. The van der Waals surface area contributed by atoms with Gasteiger partial charge in [0.2, 0.25) is 5.88 Å². The van der Waals surface area contributed by atoms with Gasteiger partial charge in [-0.3, -0.25) is 4.79 Å². The number of aryl methyl sites for hydroxylation is 2. The summed E-state index contributed by atoms with van der Waals surface area (Å²) in [6.45, 7) is 5.29. The van der Waals surface area contributed by atoms with Crippen LogP contribution in [0.5, 0.6) is 5.88 Å². The van der Waals surface area contributed by atoms with Crippen LogP contribution < -0.4 is 4.74 Å². The van der Waals surface area contributed by atoms with E-state index in [0.29, 0.717) is 12.3 Å². The summed E-state index contributed by atoms with van der Waals surface area (Å²) >= 11 is 0. The number of ether oxygens (including phenoxy) is 1. The number of amides is 1. The zero-order chi connectivity index (χ0) is 15.8. The van der Waals surface area contributed by atoms with Crippen molar-refractivity contribution in [1.82, 2.24) is 14.7 Å². The van der Waals surface area contributed by atoms with E-state index in [2.05, 4.69) is 36.3 Å². The van der Waals surface area contributed by atoms with Crippen LogP contribution in [-0.2, 0) is 13.0 Å². The lowest BCUT2D eigenvalue weighted by molar-refractivity contribution is 0.0645. The molecule has 1 aromatic heterocycles. The van der Waals surface area contributed by atoms with Gasteiger partial charge in [-0.1, -0.05) is 31.2 Å². The highest BCUT2D eigenvalue weighted by molar-refractivity contribution is 6.00. The monoisotopic (exact) mass is 311 g/mol. The molecule has 1 amide bonds. The fraction of sp³-hybridized carbons (Fsp3) is 0.444. The average Bonchev–Trinajstić information content (AvgIpc) is 2.93. The summed E-state index contributed by atoms with van der Waals surface area (Å²) in [6, 6.07) is 8.36. The SMILES string of the molecule is CCc1ccc(-c2c(C(=O)N3CCC3)nn3c2OCCC3)cc1. The van der Waals surface area contributed by atoms with E-state index in [4.69, 9.17) is 4.74 Å². The van der Waals surface area contributed by atoms with Crippen molar-refractivity contribution in [3.05, 3.63) is 35.5 Å². The number of aromatic nitrogens is 2. The Hall–Kier alpha value is -2.30. The van der Waals surface area contributed by atoms with Crippen molar-refractivity contribution >= 4 is 5.91 Å². The number of hydrogen-bond acceptors (Lipinski definition) is 3. The van der Waals surface area contributed by atoms with Crippen LogP contribution in [0, 0.1) is 0 Å². The van der Waals surface area contributed by atoms with Gasteiger partial charge in [0.05, 0.1) is 12.2 Å². The van der Waals surface area contributed by atoms with Gasteiger partial charge in [-0.2, -0.15) is 5.10 Å². The van der Waals surface area contributed by atoms with Crippen molar-refractivity contribution in [2.24, 2.45) is 0 Å². The van der Waals surface area contributed by atoms with Crippen LogP contribution in [0.2, 0.25) is 0 Å². The molecule has 0 N–H and O–H groups in total. The summed E-state index contributed by atoms with van der Waals surface area (Å²) in [5.41, 5.74) is 3.68. The molecule has 1 saturated heterocycles. The standard InChI is InChI=1S/C18H21N3O2/c1-2-13-5-7-14(8-6-13)15-16(17(22)20-9-3-10-20)19-21-11-4-12-23-18(15)21/h5-8H,2-4,9-12H2,1H3. The normalized spacial score (nSPS) is 16.5. The van der Waals surface area contributed by atoms with Gasteiger partial charge in [0.1, 0.15) is 0 Å². The van der Waals surface area contributed by atoms with Crippen molar-refractivity contribution < 1.29 is 9.53 Å². The number of fused-ring (bicyclic) bond motifs is 1. The van der Waals surface area contributed by atoms with Crippen LogP contribution in [0.1, 0.15) is 35.8 Å². The first kappa shape index (κ1) is 14.3. The Morgan fingerprint density at radius 2 is 1.96 bits per heavy atom. The summed E-state index contributed by atoms with van der Waals surface area (Å²) in [6.07, 6.45) is 3.01. The van der Waals surface area contributed by atoms with Crippen molar-refractivity contribution in [3.63, 3.8) is 0 Å². The van der Waals surface area contributed by atoms with Crippen LogP contribution in [-0.4, -0.2) is 40.3 Å². The van der Waals surface area contributed by atoms with Crippen molar-refractivity contribution in [2.45, 2.75) is 32.7 Å².